The van der Waals surface area contributed by atoms with Crippen molar-refractivity contribution in [3.8, 4) is 0 Å². The van der Waals surface area contributed by atoms with Crippen molar-refractivity contribution in [1.29, 1.82) is 0 Å². The van der Waals surface area contributed by atoms with E-state index in [0.29, 0.717) is 13.0 Å². The van der Waals surface area contributed by atoms with Gasteiger partial charge in [-0.05, 0) is 26.7 Å². The third kappa shape index (κ3) is 8.73. The van der Waals surface area contributed by atoms with Crippen LogP contribution in [-0.2, 0) is 23.9 Å². The van der Waals surface area contributed by atoms with Gasteiger partial charge in [-0.25, -0.2) is 0 Å². The van der Waals surface area contributed by atoms with Gasteiger partial charge in [-0.2, -0.15) is 0 Å². The molecule has 1 atom stereocenters. The van der Waals surface area contributed by atoms with E-state index in [4.69, 9.17) is 9.47 Å². The smallest absolute Gasteiger partial charge is 0.306 e. The van der Waals surface area contributed by atoms with E-state index < -0.39 is 12.1 Å². The molecular formula is C13H22O5. The molecule has 0 saturated heterocycles. The van der Waals surface area contributed by atoms with Gasteiger partial charge >= 0.3 is 11.9 Å². The van der Waals surface area contributed by atoms with E-state index in [9.17, 15) is 14.4 Å². The molecule has 0 aliphatic rings. The molecule has 104 valence electrons. The number of rotatable bonds is 9. The Morgan fingerprint density at radius 3 is 2.22 bits per heavy atom. The molecule has 0 heterocycles. The van der Waals surface area contributed by atoms with E-state index in [1.54, 1.807) is 0 Å². The van der Waals surface area contributed by atoms with Gasteiger partial charge in [0.15, 0.2) is 11.9 Å². The van der Waals surface area contributed by atoms with Gasteiger partial charge in [0.2, 0.25) is 0 Å². The predicted octanol–water partition coefficient (Wildman–Crippen LogP) is 2.02. The van der Waals surface area contributed by atoms with E-state index in [1.807, 2.05) is 6.92 Å². The highest BCUT2D eigenvalue weighted by Gasteiger charge is 2.13. The van der Waals surface area contributed by atoms with Gasteiger partial charge in [0.25, 0.3) is 0 Å². The van der Waals surface area contributed by atoms with Crippen LogP contribution in [0.2, 0.25) is 0 Å². The molecule has 18 heavy (non-hydrogen) atoms. The summed E-state index contributed by atoms with van der Waals surface area (Å²) >= 11 is 0. The Kier molecular flexibility index (Phi) is 8.88. The fourth-order valence-electron chi connectivity index (χ4n) is 1.12. The lowest BCUT2D eigenvalue weighted by molar-refractivity contribution is -0.153. The summed E-state index contributed by atoms with van der Waals surface area (Å²) in [6.07, 6.45) is 1.82. The number of carbonyl (C=O) groups is 3. The second-order valence-corrected chi connectivity index (χ2v) is 4.17. The van der Waals surface area contributed by atoms with Crippen LogP contribution in [0.15, 0.2) is 0 Å². The summed E-state index contributed by atoms with van der Waals surface area (Å²) in [7, 11) is 0. The van der Waals surface area contributed by atoms with Gasteiger partial charge < -0.3 is 9.47 Å². The van der Waals surface area contributed by atoms with Crippen LogP contribution < -0.4 is 0 Å². The molecule has 1 unspecified atom stereocenters. The number of hydrogen-bond donors (Lipinski definition) is 0. The second-order valence-electron chi connectivity index (χ2n) is 4.17. The van der Waals surface area contributed by atoms with Crippen LogP contribution in [0.1, 0.15) is 52.9 Å². The first kappa shape index (κ1) is 16.6. The van der Waals surface area contributed by atoms with Crippen molar-refractivity contribution in [2.24, 2.45) is 0 Å². The SMILES string of the molecule is CCCCOC(=O)CCCC(=O)OC(C)C(C)=O. The molecule has 0 N–H and O–H groups in total. The molecule has 0 aromatic carbocycles. The molecular weight excluding hydrogens is 236 g/mol. The Morgan fingerprint density at radius 1 is 1.06 bits per heavy atom. The Morgan fingerprint density at radius 2 is 1.67 bits per heavy atom. The van der Waals surface area contributed by atoms with Crippen LogP contribution in [0.3, 0.4) is 0 Å². The van der Waals surface area contributed by atoms with Crippen molar-refractivity contribution in [2.75, 3.05) is 6.61 Å². The topological polar surface area (TPSA) is 69.7 Å². The third-order valence-corrected chi connectivity index (χ3v) is 2.40. The monoisotopic (exact) mass is 258 g/mol. The molecule has 0 fully saturated rings. The van der Waals surface area contributed by atoms with Gasteiger partial charge in [-0.15, -0.1) is 0 Å². The van der Waals surface area contributed by atoms with Crippen LogP contribution in [-0.4, -0.2) is 30.4 Å². The highest BCUT2D eigenvalue weighted by Crippen LogP contribution is 2.03. The van der Waals surface area contributed by atoms with Crippen molar-refractivity contribution < 1.29 is 23.9 Å². The van der Waals surface area contributed by atoms with Crippen molar-refractivity contribution in [2.45, 2.75) is 59.0 Å². The highest BCUT2D eigenvalue weighted by atomic mass is 16.5. The minimum Gasteiger partial charge on any atom is -0.466 e. The summed E-state index contributed by atoms with van der Waals surface area (Å²) in [6, 6.07) is 0. The molecule has 0 aromatic heterocycles. The first-order valence-corrected chi connectivity index (χ1v) is 6.33. The number of Topliss-reactive ketones (excluding diaryl/α,β-unsaturated/α-hetero) is 1. The summed E-state index contributed by atoms with van der Waals surface area (Å²) in [5.41, 5.74) is 0. The lowest BCUT2D eigenvalue weighted by Crippen LogP contribution is -2.21. The number of carbonyl (C=O) groups excluding carboxylic acids is 3. The van der Waals surface area contributed by atoms with Crippen LogP contribution in [0, 0.1) is 0 Å². The summed E-state index contributed by atoms with van der Waals surface area (Å²) in [5, 5.41) is 0. The summed E-state index contributed by atoms with van der Waals surface area (Å²) in [4.78, 5) is 33.3. The Bertz CT molecular complexity index is 285. The minimum atomic E-state index is -0.714. The number of ketones is 1. The zero-order valence-electron chi connectivity index (χ0n) is 11.4. The second kappa shape index (κ2) is 9.62. The van der Waals surface area contributed by atoms with Crippen LogP contribution >= 0.6 is 0 Å². The Balaban J connectivity index is 3.61. The first-order chi connectivity index (χ1) is 8.47. The Labute approximate surface area is 108 Å². The average Bonchev–Trinajstić information content (AvgIpc) is 2.29. The minimum absolute atomic E-state index is 0.125. The molecule has 0 saturated carbocycles. The molecule has 5 heteroatoms. The van der Waals surface area contributed by atoms with Crippen LogP contribution in [0.5, 0.6) is 0 Å². The summed E-state index contributed by atoms with van der Waals surface area (Å²) < 4.78 is 9.79. The van der Waals surface area contributed by atoms with E-state index in [0.717, 1.165) is 12.8 Å². The van der Waals surface area contributed by atoms with Crippen molar-refractivity contribution in [3.05, 3.63) is 0 Å². The normalized spacial score (nSPS) is 11.7. The molecule has 0 rings (SSSR count). The van der Waals surface area contributed by atoms with Crippen molar-refractivity contribution in [3.63, 3.8) is 0 Å². The standard InChI is InChI=1S/C13H22O5/c1-4-5-9-17-12(15)7-6-8-13(16)18-11(3)10(2)14/h11H,4-9H2,1-3H3. The molecule has 0 radical (unpaired) electrons. The molecule has 0 aliphatic carbocycles. The van der Waals surface area contributed by atoms with E-state index in [1.165, 1.54) is 13.8 Å². The molecule has 0 spiro atoms. The van der Waals surface area contributed by atoms with Gasteiger partial charge in [-0.3, -0.25) is 14.4 Å². The van der Waals surface area contributed by atoms with Crippen molar-refractivity contribution >= 4 is 17.7 Å². The fraction of sp³-hybridized carbons (Fsp3) is 0.769. The van der Waals surface area contributed by atoms with Gasteiger partial charge in [0.05, 0.1) is 6.61 Å². The van der Waals surface area contributed by atoms with E-state index in [-0.39, 0.29) is 24.6 Å². The van der Waals surface area contributed by atoms with Gasteiger partial charge in [-0.1, -0.05) is 13.3 Å². The maximum atomic E-state index is 11.3. The number of esters is 2. The lowest BCUT2D eigenvalue weighted by Gasteiger charge is -2.09. The molecule has 0 aromatic rings. The van der Waals surface area contributed by atoms with E-state index in [2.05, 4.69) is 0 Å². The first-order valence-electron chi connectivity index (χ1n) is 6.33. The fourth-order valence-corrected chi connectivity index (χ4v) is 1.12. The number of unbranched alkanes of at least 4 members (excludes halogenated alkanes) is 1. The average molecular weight is 258 g/mol. The summed E-state index contributed by atoms with van der Waals surface area (Å²) in [5.74, 6) is -0.947. The van der Waals surface area contributed by atoms with Crippen LogP contribution in [0.4, 0.5) is 0 Å². The zero-order chi connectivity index (χ0) is 14.0. The van der Waals surface area contributed by atoms with Gasteiger partial charge in [0, 0.05) is 12.8 Å². The summed E-state index contributed by atoms with van der Waals surface area (Å²) in [6.45, 7) is 5.34. The highest BCUT2D eigenvalue weighted by molar-refractivity contribution is 5.83. The lowest BCUT2D eigenvalue weighted by atomic mass is 10.2. The van der Waals surface area contributed by atoms with Gasteiger partial charge in [0.1, 0.15) is 0 Å². The molecule has 0 amide bonds. The third-order valence-electron chi connectivity index (χ3n) is 2.40. The maximum absolute atomic E-state index is 11.3. The quantitative estimate of drug-likeness (QED) is 0.467. The number of ether oxygens (including phenoxy) is 2. The number of hydrogen-bond acceptors (Lipinski definition) is 5. The zero-order valence-corrected chi connectivity index (χ0v) is 11.4. The van der Waals surface area contributed by atoms with E-state index >= 15 is 0 Å². The largest absolute Gasteiger partial charge is 0.466 e. The molecule has 5 nitrogen and oxygen atoms in total. The Hall–Kier alpha value is -1.39. The van der Waals surface area contributed by atoms with Crippen LogP contribution in [0.25, 0.3) is 0 Å². The molecule has 0 bridgehead atoms. The van der Waals surface area contributed by atoms with Crippen molar-refractivity contribution in [1.82, 2.24) is 0 Å². The molecule has 0 aliphatic heterocycles. The predicted molar refractivity (Wildman–Crippen MR) is 66.0 cm³/mol. The maximum Gasteiger partial charge on any atom is 0.306 e.